The number of ether oxygens (including phenoxy) is 1. The fraction of sp³-hybridized carbons (Fsp3) is 0.828. The molecule has 0 aromatic heterocycles. The highest BCUT2D eigenvalue weighted by atomic mass is 16.5. The molecule has 0 bridgehead atoms. The Bertz CT molecular complexity index is 744. The van der Waals surface area contributed by atoms with Crippen LogP contribution in [0.4, 0.5) is 0 Å². The van der Waals surface area contributed by atoms with Crippen LogP contribution in [0.5, 0.6) is 0 Å². The Morgan fingerprint density at radius 2 is 1.94 bits per heavy atom. The largest absolute Gasteiger partial charge is 0.462 e. The van der Waals surface area contributed by atoms with Crippen LogP contribution < -0.4 is 0 Å². The number of hydrogen-bond donors (Lipinski definition) is 0. The molecule has 0 spiro atoms. The molecular formula is C29H46O2. The fourth-order valence-electron chi connectivity index (χ4n) is 8.56. The van der Waals surface area contributed by atoms with Gasteiger partial charge < -0.3 is 4.74 Å². The van der Waals surface area contributed by atoms with Crippen LogP contribution in [0.25, 0.3) is 0 Å². The van der Waals surface area contributed by atoms with E-state index in [0.29, 0.717) is 17.3 Å². The highest BCUT2D eigenvalue weighted by molar-refractivity contribution is 5.69. The molecule has 0 amide bonds. The number of esters is 1. The van der Waals surface area contributed by atoms with Gasteiger partial charge in [0.15, 0.2) is 0 Å². The summed E-state index contributed by atoms with van der Waals surface area (Å²) in [6, 6.07) is 0. The van der Waals surface area contributed by atoms with Crippen molar-refractivity contribution in [3.63, 3.8) is 0 Å². The Hall–Kier alpha value is -1.05. The van der Waals surface area contributed by atoms with Crippen molar-refractivity contribution in [2.75, 3.05) is 0 Å². The van der Waals surface area contributed by atoms with Gasteiger partial charge in [0.2, 0.25) is 0 Å². The normalized spacial score (nSPS) is 42.5. The summed E-state index contributed by atoms with van der Waals surface area (Å²) in [5.74, 6) is 4.25. The maximum atomic E-state index is 11.8. The predicted molar refractivity (Wildman–Crippen MR) is 129 cm³/mol. The second-order valence-electron chi connectivity index (χ2n) is 12.2. The van der Waals surface area contributed by atoms with E-state index in [1.54, 1.807) is 5.57 Å². The lowest BCUT2D eigenvalue weighted by molar-refractivity contribution is -0.151. The molecule has 3 fully saturated rings. The number of hydrogen-bond acceptors (Lipinski definition) is 2. The molecule has 31 heavy (non-hydrogen) atoms. The molecule has 0 N–H and O–H groups in total. The Kier molecular flexibility index (Phi) is 6.50. The van der Waals surface area contributed by atoms with E-state index in [-0.39, 0.29) is 12.1 Å². The molecular weight excluding hydrogens is 380 g/mol. The van der Waals surface area contributed by atoms with Crippen molar-refractivity contribution >= 4 is 5.97 Å². The highest BCUT2D eigenvalue weighted by Crippen LogP contribution is 2.67. The first-order valence-corrected chi connectivity index (χ1v) is 13.2. The van der Waals surface area contributed by atoms with Crippen molar-refractivity contribution in [1.82, 2.24) is 0 Å². The first-order chi connectivity index (χ1) is 14.7. The third-order valence-electron chi connectivity index (χ3n) is 10.3. The summed E-state index contributed by atoms with van der Waals surface area (Å²) in [5, 5.41) is 0. The molecule has 0 heterocycles. The second kappa shape index (κ2) is 8.71. The lowest BCUT2D eigenvalue weighted by atomic mass is 9.47. The summed E-state index contributed by atoms with van der Waals surface area (Å²) in [6.45, 7) is 14.1. The molecule has 8 unspecified atom stereocenters. The predicted octanol–water partition coefficient (Wildman–Crippen LogP) is 7.88. The van der Waals surface area contributed by atoms with Crippen LogP contribution >= 0.6 is 0 Å². The zero-order valence-corrected chi connectivity index (χ0v) is 21.0. The van der Waals surface area contributed by atoms with Gasteiger partial charge in [0, 0.05) is 12.8 Å². The average Bonchev–Trinajstić information content (AvgIpc) is 3.09. The van der Waals surface area contributed by atoms with E-state index in [0.717, 1.165) is 42.4 Å². The van der Waals surface area contributed by atoms with E-state index in [4.69, 9.17) is 4.74 Å². The first kappa shape index (κ1) is 23.1. The van der Waals surface area contributed by atoms with Crippen LogP contribution in [0.1, 0.15) is 106 Å². The monoisotopic (exact) mass is 426 g/mol. The van der Waals surface area contributed by atoms with Gasteiger partial charge in [-0.3, -0.25) is 4.79 Å². The fourth-order valence-corrected chi connectivity index (χ4v) is 8.56. The van der Waals surface area contributed by atoms with E-state index in [9.17, 15) is 4.79 Å². The van der Waals surface area contributed by atoms with Gasteiger partial charge >= 0.3 is 5.97 Å². The molecule has 0 aliphatic heterocycles. The number of rotatable bonds is 5. The van der Waals surface area contributed by atoms with Gasteiger partial charge in [-0.25, -0.2) is 0 Å². The van der Waals surface area contributed by atoms with Crippen LogP contribution in [0.15, 0.2) is 23.3 Å². The Morgan fingerprint density at radius 1 is 1.16 bits per heavy atom. The average molecular weight is 427 g/mol. The van der Waals surface area contributed by atoms with Gasteiger partial charge in [-0.05, 0) is 106 Å². The van der Waals surface area contributed by atoms with Crippen molar-refractivity contribution in [3.8, 4) is 0 Å². The molecule has 174 valence electrons. The summed E-state index contributed by atoms with van der Waals surface area (Å²) < 4.78 is 5.75. The second-order valence-corrected chi connectivity index (χ2v) is 12.2. The molecule has 2 heteroatoms. The van der Waals surface area contributed by atoms with Crippen molar-refractivity contribution in [2.45, 2.75) is 112 Å². The van der Waals surface area contributed by atoms with Gasteiger partial charge in [-0.15, -0.1) is 0 Å². The summed E-state index contributed by atoms with van der Waals surface area (Å²) in [7, 11) is 0. The molecule has 0 aromatic rings. The van der Waals surface area contributed by atoms with Gasteiger partial charge in [-0.2, -0.15) is 0 Å². The van der Waals surface area contributed by atoms with E-state index < -0.39 is 0 Å². The molecule has 4 aliphatic rings. The molecule has 0 radical (unpaired) electrons. The smallest absolute Gasteiger partial charge is 0.305 e. The number of carbonyl (C=O) groups excluding carboxylic acids is 1. The third-order valence-corrected chi connectivity index (χ3v) is 10.3. The zero-order chi connectivity index (χ0) is 22.4. The summed E-state index contributed by atoms with van der Waals surface area (Å²) in [4.78, 5) is 11.8. The van der Waals surface area contributed by atoms with Crippen LogP contribution in [0, 0.1) is 40.4 Å². The highest BCUT2D eigenvalue weighted by Gasteiger charge is 2.59. The van der Waals surface area contributed by atoms with Crippen molar-refractivity contribution in [2.24, 2.45) is 40.4 Å². The van der Waals surface area contributed by atoms with Crippen LogP contribution in [0.3, 0.4) is 0 Å². The minimum Gasteiger partial charge on any atom is -0.462 e. The minimum atomic E-state index is -0.0319. The zero-order valence-electron chi connectivity index (χ0n) is 21.0. The molecule has 0 saturated heterocycles. The topological polar surface area (TPSA) is 26.3 Å². The van der Waals surface area contributed by atoms with Gasteiger partial charge in [0.1, 0.15) is 6.10 Å². The first-order valence-electron chi connectivity index (χ1n) is 13.2. The molecule has 8 atom stereocenters. The van der Waals surface area contributed by atoms with Crippen molar-refractivity contribution < 1.29 is 9.53 Å². The molecule has 3 saturated carbocycles. The molecule has 2 nitrogen and oxygen atoms in total. The quantitative estimate of drug-likeness (QED) is 0.330. The van der Waals surface area contributed by atoms with Gasteiger partial charge in [-0.1, -0.05) is 51.0 Å². The third kappa shape index (κ3) is 4.06. The van der Waals surface area contributed by atoms with Gasteiger partial charge in [0.05, 0.1) is 0 Å². The Morgan fingerprint density at radius 3 is 2.65 bits per heavy atom. The van der Waals surface area contributed by atoms with Crippen molar-refractivity contribution in [3.05, 3.63) is 23.3 Å². The minimum absolute atomic E-state index is 0.0319. The number of allylic oxidation sites excluding steroid dienone is 3. The maximum Gasteiger partial charge on any atom is 0.305 e. The SMILES string of the molecule is CCC(=O)OC1CCC2(C)C(=CCC3C2CCC2(C)C(C(C)CC=C(C)C)CCC32)C1. The Balaban J connectivity index is 1.50. The van der Waals surface area contributed by atoms with Gasteiger partial charge in [0.25, 0.3) is 0 Å². The van der Waals surface area contributed by atoms with Crippen molar-refractivity contribution in [1.29, 1.82) is 0 Å². The molecule has 4 aliphatic carbocycles. The standard InChI is InChI=1S/C29H46O2/c1-7-27(30)31-22-14-16-28(5)21(18-22)10-11-23-25-13-12-24(20(4)9-8-19(2)3)29(25,6)17-15-26(23)28/h8,10,20,22-26H,7,9,11-18H2,1-6H3. The van der Waals surface area contributed by atoms with Crippen LogP contribution in [-0.2, 0) is 9.53 Å². The van der Waals surface area contributed by atoms with Crippen LogP contribution in [0.2, 0.25) is 0 Å². The lowest BCUT2D eigenvalue weighted by Crippen LogP contribution is -2.51. The lowest BCUT2D eigenvalue weighted by Gasteiger charge is -2.58. The van der Waals surface area contributed by atoms with Crippen LogP contribution in [-0.4, -0.2) is 12.1 Å². The summed E-state index contributed by atoms with van der Waals surface area (Å²) in [6.07, 6.45) is 17.1. The number of carbonyl (C=O) groups is 1. The van der Waals surface area contributed by atoms with E-state index in [2.05, 4.69) is 46.8 Å². The Labute approximate surface area is 191 Å². The summed E-state index contributed by atoms with van der Waals surface area (Å²) >= 11 is 0. The molecule has 4 rings (SSSR count). The number of fused-ring (bicyclic) bond motifs is 5. The van der Waals surface area contributed by atoms with E-state index >= 15 is 0 Å². The maximum absolute atomic E-state index is 11.8. The van der Waals surface area contributed by atoms with E-state index in [1.165, 1.54) is 50.5 Å². The molecule has 0 aromatic carbocycles. The van der Waals surface area contributed by atoms with E-state index in [1.807, 2.05) is 6.92 Å². The summed E-state index contributed by atoms with van der Waals surface area (Å²) in [5.41, 5.74) is 3.95.